The Bertz CT molecular complexity index is 711. The van der Waals surface area contributed by atoms with Crippen LogP contribution in [0, 0.1) is 5.82 Å². The zero-order valence-corrected chi connectivity index (χ0v) is 12.8. The number of hydrogen-bond donors (Lipinski definition) is 4. The summed E-state index contributed by atoms with van der Waals surface area (Å²) < 4.78 is 13.7. The summed E-state index contributed by atoms with van der Waals surface area (Å²) in [6.45, 7) is 0.285. The van der Waals surface area contributed by atoms with Crippen molar-refractivity contribution in [2.75, 3.05) is 19.6 Å². The molecule has 0 unspecified atom stereocenters. The second-order valence-electron chi connectivity index (χ2n) is 5.87. The van der Waals surface area contributed by atoms with E-state index in [4.69, 9.17) is 0 Å². The lowest BCUT2D eigenvalue weighted by atomic mass is 10.0. The molecular formula is C15H18FN5O3. The maximum Gasteiger partial charge on any atom is 0.269 e. The lowest BCUT2D eigenvalue weighted by molar-refractivity contribution is -0.0377. The van der Waals surface area contributed by atoms with E-state index < -0.39 is 23.4 Å². The Morgan fingerprint density at radius 1 is 1.50 bits per heavy atom. The Morgan fingerprint density at radius 3 is 3.04 bits per heavy atom. The Morgan fingerprint density at radius 2 is 2.33 bits per heavy atom. The SMILES string of the molecule is O=C(NC[C@]1(O)CN(Cc2ncccc2F)C[C@H]1O)c1ccn[nH]1. The van der Waals surface area contributed by atoms with Crippen molar-refractivity contribution in [3.63, 3.8) is 0 Å². The molecule has 1 saturated heterocycles. The molecule has 0 radical (unpaired) electrons. The lowest BCUT2D eigenvalue weighted by Crippen LogP contribution is -2.51. The fourth-order valence-electron chi connectivity index (χ4n) is 2.72. The van der Waals surface area contributed by atoms with Crippen LogP contribution in [0.15, 0.2) is 30.6 Å². The number of carbonyl (C=O) groups is 1. The summed E-state index contributed by atoms with van der Waals surface area (Å²) in [5, 5.41) is 29.5. The molecule has 0 saturated carbocycles. The van der Waals surface area contributed by atoms with Crippen LogP contribution in [0.25, 0.3) is 0 Å². The van der Waals surface area contributed by atoms with Gasteiger partial charge in [-0.3, -0.25) is 19.8 Å². The number of pyridine rings is 1. The molecule has 1 amide bonds. The first kappa shape index (κ1) is 16.5. The molecule has 0 bridgehead atoms. The highest BCUT2D eigenvalue weighted by molar-refractivity contribution is 5.92. The molecule has 24 heavy (non-hydrogen) atoms. The first-order chi connectivity index (χ1) is 11.5. The number of aromatic nitrogens is 3. The summed E-state index contributed by atoms with van der Waals surface area (Å²) in [6, 6.07) is 4.31. The third kappa shape index (κ3) is 3.42. The molecule has 9 heteroatoms. The van der Waals surface area contributed by atoms with Gasteiger partial charge in [0.1, 0.15) is 17.1 Å². The number of β-amino-alcohol motifs (C(OH)–C–C–N with tert-alkyl or cyclic N) is 2. The molecule has 3 rings (SSSR count). The van der Waals surface area contributed by atoms with E-state index in [1.54, 1.807) is 4.90 Å². The Kier molecular flexibility index (Phi) is 4.56. The van der Waals surface area contributed by atoms with Gasteiger partial charge in [0, 0.05) is 32.0 Å². The van der Waals surface area contributed by atoms with E-state index in [-0.39, 0.29) is 37.6 Å². The number of H-pyrrole nitrogens is 1. The fraction of sp³-hybridized carbons (Fsp3) is 0.400. The number of carbonyl (C=O) groups excluding carboxylic acids is 1. The minimum atomic E-state index is -1.51. The molecule has 0 spiro atoms. The van der Waals surface area contributed by atoms with Crippen molar-refractivity contribution < 1.29 is 19.4 Å². The van der Waals surface area contributed by atoms with Crippen LogP contribution in [0.2, 0.25) is 0 Å². The average Bonchev–Trinajstić information content (AvgIpc) is 3.17. The first-order valence-electron chi connectivity index (χ1n) is 7.48. The summed E-state index contributed by atoms with van der Waals surface area (Å²) >= 11 is 0. The Hall–Kier alpha value is -2.36. The van der Waals surface area contributed by atoms with Gasteiger partial charge in [-0.25, -0.2) is 4.39 Å². The predicted molar refractivity (Wildman–Crippen MR) is 81.3 cm³/mol. The Labute approximate surface area is 137 Å². The van der Waals surface area contributed by atoms with Gasteiger partial charge in [-0.05, 0) is 18.2 Å². The maximum absolute atomic E-state index is 13.7. The fourth-order valence-corrected chi connectivity index (χ4v) is 2.72. The number of amides is 1. The third-order valence-corrected chi connectivity index (χ3v) is 4.06. The van der Waals surface area contributed by atoms with Gasteiger partial charge in [0.15, 0.2) is 0 Å². The van der Waals surface area contributed by atoms with Crippen LogP contribution in [0.1, 0.15) is 16.2 Å². The number of likely N-dealkylation sites (tertiary alicyclic amines) is 1. The molecule has 128 valence electrons. The van der Waals surface area contributed by atoms with Crippen LogP contribution in [0.4, 0.5) is 4.39 Å². The number of hydrogen-bond acceptors (Lipinski definition) is 6. The molecule has 2 aromatic heterocycles. The molecule has 0 aromatic carbocycles. The van der Waals surface area contributed by atoms with Gasteiger partial charge in [-0.2, -0.15) is 5.10 Å². The number of nitrogens with zero attached hydrogens (tertiary/aromatic N) is 3. The number of rotatable bonds is 5. The van der Waals surface area contributed by atoms with Crippen molar-refractivity contribution in [3.05, 3.63) is 47.8 Å². The maximum atomic E-state index is 13.7. The highest BCUT2D eigenvalue weighted by Gasteiger charge is 2.44. The molecule has 4 N–H and O–H groups in total. The van der Waals surface area contributed by atoms with Crippen molar-refractivity contribution in [1.82, 2.24) is 25.4 Å². The highest BCUT2D eigenvalue weighted by Crippen LogP contribution is 2.23. The minimum Gasteiger partial charge on any atom is -0.389 e. The van der Waals surface area contributed by atoms with E-state index in [1.165, 1.54) is 30.6 Å². The summed E-state index contributed by atoms with van der Waals surface area (Å²) in [7, 11) is 0. The molecular weight excluding hydrogens is 317 g/mol. The zero-order chi connectivity index (χ0) is 17.2. The smallest absolute Gasteiger partial charge is 0.269 e. The van der Waals surface area contributed by atoms with E-state index >= 15 is 0 Å². The van der Waals surface area contributed by atoms with Gasteiger partial charge < -0.3 is 15.5 Å². The molecule has 1 aliphatic rings. The van der Waals surface area contributed by atoms with Crippen molar-refractivity contribution in [2.24, 2.45) is 0 Å². The standard InChI is InChI=1S/C15H18FN5O3/c16-10-2-1-4-17-12(10)6-21-7-13(22)15(24,9-21)8-18-14(23)11-3-5-19-20-11/h1-5,13,22,24H,6-9H2,(H,18,23)(H,19,20)/t13-,15+/m1/s1. The number of aromatic amines is 1. The number of aliphatic hydroxyl groups excluding tert-OH is 1. The van der Waals surface area contributed by atoms with E-state index in [0.29, 0.717) is 0 Å². The second kappa shape index (κ2) is 6.63. The van der Waals surface area contributed by atoms with Crippen LogP contribution in [0.3, 0.4) is 0 Å². The third-order valence-electron chi connectivity index (χ3n) is 4.06. The quantitative estimate of drug-likeness (QED) is 0.573. The molecule has 2 atom stereocenters. The summed E-state index contributed by atoms with van der Waals surface area (Å²) in [6.07, 6.45) is 1.87. The van der Waals surface area contributed by atoms with Crippen LogP contribution < -0.4 is 5.32 Å². The van der Waals surface area contributed by atoms with E-state index in [1.807, 2.05) is 0 Å². The molecule has 2 aromatic rings. The summed E-state index contributed by atoms with van der Waals surface area (Å²) in [4.78, 5) is 17.5. The first-order valence-corrected chi connectivity index (χ1v) is 7.48. The largest absolute Gasteiger partial charge is 0.389 e. The molecule has 0 aliphatic carbocycles. The van der Waals surface area contributed by atoms with E-state index in [9.17, 15) is 19.4 Å². The van der Waals surface area contributed by atoms with E-state index in [0.717, 1.165) is 0 Å². The second-order valence-corrected chi connectivity index (χ2v) is 5.87. The van der Waals surface area contributed by atoms with E-state index in [2.05, 4.69) is 20.5 Å². The van der Waals surface area contributed by atoms with Gasteiger partial charge in [0.05, 0.1) is 18.3 Å². The van der Waals surface area contributed by atoms with Gasteiger partial charge in [0.2, 0.25) is 0 Å². The molecule has 1 fully saturated rings. The zero-order valence-electron chi connectivity index (χ0n) is 12.8. The predicted octanol–water partition coefficient (Wildman–Crippen LogP) is -0.719. The van der Waals surface area contributed by atoms with Crippen molar-refractivity contribution in [3.8, 4) is 0 Å². The minimum absolute atomic E-state index is 0.0907. The summed E-state index contributed by atoms with van der Waals surface area (Å²) in [5.41, 5.74) is -1.00. The van der Waals surface area contributed by atoms with Gasteiger partial charge in [-0.1, -0.05) is 0 Å². The molecule has 8 nitrogen and oxygen atoms in total. The molecule has 3 heterocycles. The summed E-state index contributed by atoms with van der Waals surface area (Å²) in [5.74, 6) is -0.864. The van der Waals surface area contributed by atoms with Crippen molar-refractivity contribution in [1.29, 1.82) is 0 Å². The number of halogens is 1. The van der Waals surface area contributed by atoms with Gasteiger partial charge in [-0.15, -0.1) is 0 Å². The number of nitrogens with one attached hydrogen (secondary N) is 2. The van der Waals surface area contributed by atoms with Crippen LogP contribution in [-0.2, 0) is 6.54 Å². The Balaban J connectivity index is 1.60. The van der Waals surface area contributed by atoms with Crippen LogP contribution in [0.5, 0.6) is 0 Å². The molecule has 1 aliphatic heterocycles. The van der Waals surface area contributed by atoms with Gasteiger partial charge >= 0.3 is 0 Å². The van der Waals surface area contributed by atoms with Gasteiger partial charge in [0.25, 0.3) is 5.91 Å². The van der Waals surface area contributed by atoms with Crippen molar-refractivity contribution in [2.45, 2.75) is 18.2 Å². The van der Waals surface area contributed by atoms with Crippen LogP contribution >= 0.6 is 0 Å². The monoisotopic (exact) mass is 335 g/mol. The number of aliphatic hydroxyl groups is 2. The van der Waals surface area contributed by atoms with Crippen LogP contribution in [-0.4, -0.2) is 67.5 Å². The normalized spacial score (nSPS) is 24.2. The highest BCUT2D eigenvalue weighted by atomic mass is 19.1. The van der Waals surface area contributed by atoms with Crippen molar-refractivity contribution >= 4 is 5.91 Å². The lowest BCUT2D eigenvalue weighted by Gasteiger charge is -2.26. The topological polar surface area (TPSA) is 114 Å². The average molecular weight is 335 g/mol.